The molecule has 0 unspecified atom stereocenters. The van der Waals surface area contributed by atoms with E-state index in [0.717, 1.165) is 30.2 Å². The quantitative estimate of drug-likeness (QED) is 0.838. The van der Waals surface area contributed by atoms with Crippen molar-refractivity contribution in [3.63, 3.8) is 0 Å². The number of carbonyl (C=O) groups is 1. The van der Waals surface area contributed by atoms with E-state index in [-0.39, 0.29) is 12.1 Å². The monoisotopic (exact) mass is 344 g/mol. The Kier molecular flexibility index (Phi) is 5.55. The summed E-state index contributed by atoms with van der Waals surface area (Å²) in [4.78, 5) is 16.8. The van der Waals surface area contributed by atoms with Gasteiger partial charge in [0.05, 0.1) is 13.7 Å². The number of ether oxygens (including phenoxy) is 2. The zero-order valence-electron chi connectivity index (χ0n) is 14.6. The summed E-state index contributed by atoms with van der Waals surface area (Å²) in [5, 5.41) is 5.96. The van der Waals surface area contributed by atoms with Crippen molar-refractivity contribution in [1.29, 1.82) is 0 Å². The zero-order chi connectivity index (χ0) is 17.6. The molecule has 1 saturated heterocycles. The first kappa shape index (κ1) is 17.3. The molecule has 0 aliphatic carbocycles. The smallest absolute Gasteiger partial charge is 0.315 e. The molecule has 1 aromatic heterocycles. The third kappa shape index (κ3) is 4.30. The summed E-state index contributed by atoms with van der Waals surface area (Å²) in [6.45, 7) is 2.09. The van der Waals surface area contributed by atoms with Gasteiger partial charge in [0.15, 0.2) is 0 Å². The number of benzene rings is 1. The van der Waals surface area contributed by atoms with Gasteiger partial charge in [-0.3, -0.25) is 0 Å². The normalized spacial score (nSPS) is 17.9. The Morgan fingerprint density at radius 1 is 1.52 bits per heavy atom. The Balaban J connectivity index is 1.74. The van der Waals surface area contributed by atoms with Crippen LogP contribution in [0.1, 0.15) is 23.9 Å². The summed E-state index contributed by atoms with van der Waals surface area (Å²) >= 11 is 0. The van der Waals surface area contributed by atoms with E-state index in [4.69, 9.17) is 9.47 Å². The number of aromatic nitrogens is 2. The van der Waals surface area contributed by atoms with Crippen LogP contribution in [0.15, 0.2) is 36.7 Å². The predicted molar refractivity (Wildman–Crippen MR) is 93.5 cm³/mol. The fourth-order valence-electron chi connectivity index (χ4n) is 2.94. The average Bonchev–Trinajstić information content (AvgIpc) is 3.29. The topological polar surface area (TPSA) is 77.4 Å². The van der Waals surface area contributed by atoms with Crippen molar-refractivity contribution in [2.75, 3.05) is 26.9 Å². The molecule has 0 spiro atoms. The highest BCUT2D eigenvalue weighted by Gasteiger charge is 2.22. The largest absolute Gasteiger partial charge is 0.497 e. The minimum absolute atomic E-state index is 0.220. The predicted octanol–water partition coefficient (Wildman–Crippen LogP) is 1.85. The lowest BCUT2D eigenvalue weighted by Crippen LogP contribution is -2.41. The van der Waals surface area contributed by atoms with Crippen molar-refractivity contribution in [3.05, 3.63) is 48.0 Å². The number of imidazole rings is 1. The molecule has 2 amide bonds. The molecule has 1 aromatic carbocycles. The zero-order valence-corrected chi connectivity index (χ0v) is 14.6. The number of carbonyl (C=O) groups excluding carboxylic acids is 1. The minimum atomic E-state index is -0.366. The van der Waals surface area contributed by atoms with Crippen LogP contribution in [0, 0.1) is 5.92 Å². The number of methoxy groups -OCH3 is 1. The molecule has 1 aliphatic heterocycles. The standard InChI is InChI=1S/C18H24N4O3/c1-22-8-7-19-17(22)16(14-4-3-5-15(10-14)24-2)21-18(23)20-11-13-6-9-25-12-13/h3-5,7-8,10,13,16H,6,9,11-12H2,1-2H3,(H2,20,21,23)/t13-,16+/m0/s1. The molecule has 134 valence electrons. The van der Waals surface area contributed by atoms with E-state index in [1.54, 1.807) is 13.3 Å². The molecular weight excluding hydrogens is 320 g/mol. The van der Waals surface area contributed by atoms with Crippen LogP contribution in [0.3, 0.4) is 0 Å². The number of hydrogen-bond acceptors (Lipinski definition) is 4. The van der Waals surface area contributed by atoms with E-state index in [1.165, 1.54) is 0 Å². The molecule has 0 saturated carbocycles. The fourth-order valence-corrected chi connectivity index (χ4v) is 2.94. The lowest BCUT2D eigenvalue weighted by Gasteiger charge is -2.20. The van der Waals surface area contributed by atoms with Gasteiger partial charge in [-0.1, -0.05) is 12.1 Å². The maximum absolute atomic E-state index is 12.4. The van der Waals surface area contributed by atoms with Gasteiger partial charge >= 0.3 is 6.03 Å². The first-order valence-electron chi connectivity index (χ1n) is 8.40. The molecule has 7 heteroatoms. The van der Waals surface area contributed by atoms with Crippen molar-refractivity contribution in [3.8, 4) is 5.75 Å². The number of nitrogens with zero attached hydrogens (tertiary/aromatic N) is 2. The second kappa shape index (κ2) is 8.02. The number of nitrogens with one attached hydrogen (secondary N) is 2. The lowest BCUT2D eigenvalue weighted by atomic mass is 10.1. The van der Waals surface area contributed by atoms with Crippen molar-refractivity contribution < 1.29 is 14.3 Å². The Hall–Kier alpha value is -2.54. The molecule has 2 atom stereocenters. The Morgan fingerprint density at radius 2 is 2.40 bits per heavy atom. The molecule has 2 heterocycles. The summed E-state index contributed by atoms with van der Waals surface area (Å²) < 4.78 is 12.5. The van der Waals surface area contributed by atoms with E-state index in [9.17, 15) is 4.79 Å². The van der Waals surface area contributed by atoms with Gasteiger partial charge in [-0.05, 0) is 24.1 Å². The van der Waals surface area contributed by atoms with Gasteiger partial charge in [0.2, 0.25) is 0 Å². The minimum Gasteiger partial charge on any atom is -0.497 e. The number of aryl methyl sites for hydroxylation is 1. The molecule has 2 aromatic rings. The Bertz CT molecular complexity index is 710. The molecule has 0 bridgehead atoms. The van der Waals surface area contributed by atoms with Crippen molar-refractivity contribution in [2.45, 2.75) is 12.5 Å². The molecule has 25 heavy (non-hydrogen) atoms. The first-order chi connectivity index (χ1) is 12.2. The van der Waals surface area contributed by atoms with Crippen LogP contribution in [0.25, 0.3) is 0 Å². The number of hydrogen-bond donors (Lipinski definition) is 2. The second-order valence-corrected chi connectivity index (χ2v) is 6.19. The van der Waals surface area contributed by atoms with Crippen LogP contribution in [0.4, 0.5) is 4.79 Å². The maximum atomic E-state index is 12.4. The summed E-state index contributed by atoms with van der Waals surface area (Å²) in [5.41, 5.74) is 0.910. The van der Waals surface area contributed by atoms with E-state index in [2.05, 4.69) is 15.6 Å². The van der Waals surface area contributed by atoms with Gasteiger partial charge in [-0.15, -0.1) is 0 Å². The first-order valence-corrected chi connectivity index (χ1v) is 8.40. The van der Waals surface area contributed by atoms with Crippen LogP contribution in [-0.2, 0) is 11.8 Å². The number of rotatable bonds is 6. The molecule has 2 N–H and O–H groups in total. The highest BCUT2D eigenvalue weighted by atomic mass is 16.5. The van der Waals surface area contributed by atoms with E-state index in [1.807, 2.05) is 42.1 Å². The van der Waals surface area contributed by atoms with Gasteiger partial charge in [-0.2, -0.15) is 0 Å². The molecule has 3 rings (SSSR count). The average molecular weight is 344 g/mol. The maximum Gasteiger partial charge on any atom is 0.315 e. The summed E-state index contributed by atoms with van der Waals surface area (Å²) in [7, 11) is 3.53. The van der Waals surface area contributed by atoms with Crippen molar-refractivity contribution >= 4 is 6.03 Å². The third-order valence-corrected chi connectivity index (χ3v) is 4.39. The Labute approximate surface area is 147 Å². The van der Waals surface area contributed by atoms with Gasteiger partial charge in [0.25, 0.3) is 0 Å². The van der Waals surface area contributed by atoms with Crippen molar-refractivity contribution in [1.82, 2.24) is 20.2 Å². The third-order valence-electron chi connectivity index (χ3n) is 4.39. The van der Waals surface area contributed by atoms with Gasteiger partial charge < -0.3 is 24.7 Å². The lowest BCUT2D eigenvalue weighted by molar-refractivity contribution is 0.185. The number of amides is 2. The van der Waals surface area contributed by atoms with Gasteiger partial charge in [0.1, 0.15) is 17.6 Å². The summed E-state index contributed by atoms with van der Waals surface area (Å²) in [5.74, 6) is 1.88. The van der Waals surface area contributed by atoms with E-state index in [0.29, 0.717) is 19.1 Å². The van der Waals surface area contributed by atoms with Crippen LogP contribution in [0.2, 0.25) is 0 Å². The van der Waals surface area contributed by atoms with Crippen molar-refractivity contribution in [2.24, 2.45) is 13.0 Å². The van der Waals surface area contributed by atoms with E-state index >= 15 is 0 Å². The highest BCUT2D eigenvalue weighted by Crippen LogP contribution is 2.24. The molecule has 1 fully saturated rings. The van der Waals surface area contributed by atoms with Crippen LogP contribution < -0.4 is 15.4 Å². The van der Waals surface area contributed by atoms with Crippen LogP contribution in [0.5, 0.6) is 5.75 Å². The van der Waals surface area contributed by atoms with Crippen LogP contribution >= 0.6 is 0 Å². The summed E-state index contributed by atoms with van der Waals surface area (Å²) in [6, 6.07) is 7.05. The molecular formula is C18H24N4O3. The Morgan fingerprint density at radius 3 is 3.08 bits per heavy atom. The number of urea groups is 1. The SMILES string of the molecule is COc1cccc([C@@H](NC(=O)NC[C@@H]2CCOC2)c2nccn2C)c1. The molecule has 7 nitrogen and oxygen atoms in total. The summed E-state index contributed by atoms with van der Waals surface area (Å²) in [6.07, 6.45) is 4.56. The second-order valence-electron chi connectivity index (χ2n) is 6.19. The highest BCUT2D eigenvalue weighted by molar-refractivity contribution is 5.74. The van der Waals surface area contributed by atoms with Gasteiger partial charge in [-0.25, -0.2) is 9.78 Å². The fraction of sp³-hybridized carbons (Fsp3) is 0.444. The van der Waals surface area contributed by atoms with E-state index < -0.39 is 0 Å². The van der Waals surface area contributed by atoms with Crippen LogP contribution in [-0.4, -0.2) is 42.5 Å². The molecule has 0 radical (unpaired) electrons. The molecule has 1 aliphatic rings. The van der Waals surface area contributed by atoms with Gasteiger partial charge in [0, 0.05) is 38.5 Å².